The van der Waals surface area contributed by atoms with E-state index in [4.69, 9.17) is 11.6 Å². The van der Waals surface area contributed by atoms with Gasteiger partial charge in [-0.15, -0.1) is 10.2 Å². The van der Waals surface area contributed by atoms with Gasteiger partial charge >= 0.3 is 78.0 Å². The van der Waals surface area contributed by atoms with Gasteiger partial charge in [0, 0.05) is 23.5 Å². The third kappa shape index (κ3) is 11.8. The first-order chi connectivity index (χ1) is 21.8. The van der Waals surface area contributed by atoms with Crippen LogP contribution in [0.3, 0.4) is 0 Å². The van der Waals surface area contributed by atoms with Crippen molar-refractivity contribution in [1.82, 2.24) is 19.5 Å². The van der Waals surface area contributed by atoms with E-state index in [0.717, 1.165) is 34.9 Å². The molecule has 19 nitrogen and oxygen atoms in total. The van der Waals surface area contributed by atoms with E-state index in [1.807, 2.05) is 0 Å². The first kappa shape index (κ1) is 46.0. The van der Waals surface area contributed by atoms with Gasteiger partial charge in [0.25, 0.3) is 5.56 Å². The summed E-state index contributed by atoms with van der Waals surface area (Å²) in [6.45, 7) is 2.45. The number of aromatic hydroxyl groups is 1. The van der Waals surface area contributed by atoms with E-state index < -0.39 is 74.3 Å². The van der Waals surface area contributed by atoms with Gasteiger partial charge in [-0.05, 0) is 67.4 Å². The minimum atomic E-state index is -5.17. The standard InChI is InChI=1S/C24H23ClN8O11S3.Li.2Na/c1-3-33-20(34)16(11-45(36,37)38)12(2)19(21(33)35)32-31-17-10-14(7-8-18(17)47(42,43)44)27-24-29-22(25)28-23(30-24)26-13-5-4-6-15(9-13)46(39,40)41;;;/h4-10,34H,3,11H2,1-2H3,(H,36,37,38)(H,39,40,41)(H,42,43,44)(H2,26,27,28,29,30);;;/q;3*+1/p-3. The van der Waals surface area contributed by atoms with Crippen molar-refractivity contribution in [2.45, 2.75) is 35.9 Å². The Kier molecular flexibility index (Phi) is 16.7. The predicted molar refractivity (Wildman–Crippen MR) is 161 cm³/mol. The Morgan fingerprint density at radius 1 is 0.880 bits per heavy atom. The van der Waals surface area contributed by atoms with Crippen molar-refractivity contribution < 1.29 is 122 Å². The minimum Gasteiger partial charge on any atom is -0.748 e. The maximum Gasteiger partial charge on any atom is 1.00 e. The van der Waals surface area contributed by atoms with Crippen LogP contribution >= 0.6 is 11.6 Å². The van der Waals surface area contributed by atoms with Gasteiger partial charge in [0.1, 0.15) is 25.9 Å². The van der Waals surface area contributed by atoms with Crippen molar-refractivity contribution in [2.75, 3.05) is 10.6 Å². The second kappa shape index (κ2) is 18.2. The van der Waals surface area contributed by atoms with Crippen LogP contribution in [0.1, 0.15) is 18.1 Å². The Labute approximate surface area is 346 Å². The quantitative estimate of drug-likeness (QED) is 0.0724. The number of halogens is 1. The van der Waals surface area contributed by atoms with Crippen LogP contribution in [0.4, 0.5) is 34.6 Å². The maximum absolute atomic E-state index is 13.0. The number of hydrogen-bond acceptors (Lipinski definition) is 18. The Balaban J connectivity index is 0.00000417. The molecule has 4 aromatic rings. The van der Waals surface area contributed by atoms with E-state index in [1.165, 1.54) is 26.0 Å². The zero-order chi connectivity index (χ0) is 34.9. The van der Waals surface area contributed by atoms with Gasteiger partial charge in [0.15, 0.2) is 11.6 Å². The van der Waals surface area contributed by atoms with Crippen LogP contribution in [0.25, 0.3) is 0 Å². The minimum absolute atomic E-state index is 0. The predicted octanol–water partition coefficient (Wildman–Crippen LogP) is -6.51. The van der Waals surface area contributed by atoms with E-state index in [0.29, 0.717) is 0 Å². The summed E-state index contributed by atoms with van der Waals surface area (Å²) in [7, 11) is -14.9. The molecule has 2 aromatic carbocycles. The zero-order valence-corrected chi connectivity index (χ0v) is 34.0. The van der Waals surface area contributed by atoms with Crippen molar-refractivity contribution in [1.29, 1.82) is 0 Å². The van der Waals surface area contributed by atoms with Crippen molar-refractivity contribution in [2.24, 2.45) is 10.2 Å². The van der Waals surface area contributed by atoms with Crippen LogP contribution in [0.15, 0.2) is 67.3 Å². The van der Waals surface area contributed by atoms with Crippen LogP contribution in [-0.4, -0.2) is 63.5 Å². The van der Waals surface area contributed by atoms with Crippen LogP contribution in [0, 0.1) is 6.92 Å². The van der Waals surface area contributed by atoms with Crippen molar-refractivity contribution in [3.8, 4) is 5.88 Å². The normalized spacial score (nSPS) is 11.6. The van der Waals surface area contributed by atoms with Gasteiger partial charge in [-0.2, -0.15) is 15.0 Å². The number of nitrogens with one attached hydrogen (secondary N) is 2. The molecule has 250 valence electrons. The maximum atomic E-state index is 13.0. The molecule has 26 heteroatoms. The first-order valence-corrected chi connectivity index (χ1v) is 17.5. The number of pyridine rings is 1. The van der Waals surface area contributed by atoms with Gasteiger partial charge in [-0.25, -0.2) is 25.3 Å². The number of benzene rings is 2. The molecule has 0 bridgehead atoms. The van der Waals surface area contributed by atoms with Gasteiger partial charge < -0.3 is 29.4 Å². The summed E-state index contributed by atoms with van der Waals surface area (Å²) in [5.41, 5.74) is -2.66. The smallest absolute Gasteiger partial charge is 0.748 e. The molecule has 0 radical (unpaired) electrons. The number of anilines is 4. The molecule has 0 fully saturated rings. The number of nitrogens with zero attached hydrogens (tertiary/aromatic N) is 6. The zero-order valence-electron chi connectivity index (χ0n) is 26.8. The van der Waals surface area contributed by atoms with Crippen LogP contribution < -0.4 is 94.2 Å². The summed E-state index contributed by atoms with van der Waals surface area (Å²) in [6.07, 6.45) is 0. The summed E-state index contributed by atoms with van der Waals surface area (Å²) in [5, 5.41) is 22.9. The van der Waals surface area contributed by atoms with E-state index in [-0.39, 0.29) is 119 Å². The molecule has 0 aliphatic heterocycles. The van der Waals surface area contributed by atoms with Gasteiger partial charge in [-0.1, -0.05) is 6.07 Å². The van der Waals surface area contributed by atoms with Crippen LogP contribution in [0.2, 0.25) is 5.28 Å². The fourth-order valence-corrected chi connectivity index (χ4v) is 6.02. The molecule has 2 aromatic heterocycles. The largest absolute Gasteiger partial charge is 1.00 e. The van der Waals surface area contributed by atoms with Crippen molar-refractivity contribution in [3.63, 3.8) is 0 Å². The second-order valence-electron chi connectivity index (χ2n) is 9.35. The van der Waals surface area contributed by atoms with Gasteiger partial charge in [0.2, 0.25) is 17.2 Å². The average Bonchev–Trinajstić information content (AvgIpc) is 2.94. The molecule has 0 atom stereocenters. The summed E-state index contributed by atoms with van der Waals surface area (Å²) < 4.78 is 105. The average molecular weight is 781 g/mol. The van der Waals surface area contributed by atoms with Crippen LogP contribution in [0.5, 0.6) is 5.88 Å². The topological polar surface area (TPSA) is 301 Å². The SMILES string of the molecule is CCn1c(O)c(CS(=O)(=O)[O-])c(C)c(N=Nc2cc(Nc3nc(Cl)nc(Nc4cccc(S(=O)(=O)[O-])c4)n3)ccc2S(=O)(=O)[O-])c1=O.[Li+].[Na+].[Na+]. The first-order valence-electron chi connectivity index (χ1n) is 12.7. The molecular weight excluding hydrogens is 761 g/mol. The molecule has 4 rings (SSSR count). The Hall–Kier alpha value is -1.98. The fraction of sp³-hybridized carbons (Fsp3) is 0.167. The molecule has 0 unspecified atom stereocenters. The molecule has 0 aliphatic carbocycles. The number of rotatable bonds is 11. The summed E-state index contributed by atoms with van der Waals surface area (Å²) in [4.78, 5) is 23.4. The number of aromatic nitrogens is 4. The van der Waals surface area contributed by atoms with Crippen molar-refractivity contribution >= 4 is 76.6 Å². The molecule has 50 heavy (non-hydrogen) atoms. The Morgan fingerprint density at radius 2 is 1.46 bits per heavy atom. The Bertz CT molecular complexity index is 2330. The van der Waals surface area contributed by atoms with E-state index in [2.05, 4.69) is 35.8 Å². The number of azo groups is 1. The van der Waals surface area contributed by atoms with E-state index in [1.54, 1.807) is 0 Å². The molecule has 0 saturated carbocycles. The summed E-state index contributed by atoms with van der Waals surface area (Å²) in [6, 6.07) is 7.81. The van der Waals surface area contributed by atoms with Gasteiger partial charge in [-0.3, -0.25) is 9.36 Å². The van der Waals surface area contributed by atoms with E-state index >= 15 is 0 Å². The molecule has 0 saturated heterocycles. The molecule has 0 spiro atoms. The van der Waals surface area contributed by atoms with E-state index in [9.17, 15) is 48.8 Å². The fourth-order valence-electron chi connectivity index (χ4n) is 4.06. The third-order valence-electron chi connectivity index (χ3n) is 6.15. The number of hydrogen-bond donors (Lipinski definition) is 3. The second-order valence-corrected chi connectivity index (χ2v) is 13.8. The monoisotopic (exact) mass is 780 g/mol. The molecule has 0 amide bonds. The molecule has 3 N–H and O–H groups in total. The molecular formula is C24H20ClLiN8Na2O11S3. The van der Waals surface area contributed by atoms with Crippen LogP contribution in [-0.2, 0) is 42.7 Å². The third-order valence-corrected chi connectivity index (χ3v) is 8.67. The summed E-state index contributed by atoms with van der Waals surface area (Å²) >= 11 is 5.99. The van der Waals surface area contributed by atoms with Crippen molar-refractivity contribution in [3.05, 3.63) is 69.2 Å². The Morgan fingerprint density at radius 3 is 1.98 bits per heavy atom. The molecule has 2 heterocycles. The van der Waals surface area contributed by atoms with Gasteiger partial charge in [0.05, 0.1) is 25.7 Å². The summed E-state index contributed by atoms with van der Waals surface area (Å²) in [5.74, 6) is -2.43. The molecule has 0 aliphatic rings.